The lowest BCUT2D eigenvalue weighted by atomic mass is 9.62. The smallest absolute Gasteiger partial charge is 0.310 e. The van der Waals surface area contributed by atoms with Crippen LogP contribution < -0.4 is 0 Å². The summed E-state index contributed by atoms with van der Waals surface area (Å²) in [6.45, 7) is 4.01. The van der Waals surface area contributed by atoms with Crippen LogP contribution in [0.1, 0.15) is 46.0 Å². The van der Waals surface area contributed by atoms with E-state index in [2.05, 4.69) is 0 Å². The van der Waals surface area contributed by atoms with Gasteiger partial charge in [-0.1, -0.05) is 20.3 Å². The lowest BCUT2D eigenvalue weighted by molar-refractivity contribution is -0.160. The van der Waals surface area contributed by atoms with E-state index in [1.807, 2.05) is 13.8 Å². The second-order valence-electron chi connectivity index (χ2n) is 5.35. The Labute approximate surface area is 89.3 Å². The third-order valence-corrected chi connectivity index (χ3v) is 3.27. The molecule has 15 heavy (non-hydrogen) atoms. The van der Waals surface area contributed by atoms with E-state index in [4.69, 9.17) is 5.11 Å². The fourth-order valence-electron chi connectivity index (χ4n) is 2.70. The molecule has 1 aliphatic carbocycles. The number of aliphatic carboxylic acids is 2. The maximum absolute atomic E-state index is 11.2. The zero-order valence-corrected chi connectivity index (χ0v) is 9.25. The van der Waals surface area contributed by atoms with Crippen LogP contribution >= 0.6 is 0 Å². The fraction of sp³-hybridized carbons (Fsp3) is 0.818. The summed E-state index contributed by atoms with van der Waals surface area (Å²) in [5, 5.41) is 18.0. The zero-order chi connectivity index (χ0) is 11.7. The Morgan fingerprint density at radius 1 is 1.20 bits per heavy atom. The predicted molar refractivity (Wildman–Crippen MR) is 54.6 cm³/mol. The number of hydrogen-bond donors (Lipinski definition) is 2. The average Bonchev–Trinajstić information content (AvgIpc) is 1.99. The van der Waals surface area contributed by atoms with Crippen molar-refractivity contribution in [3.05, 3.63) is 0 Å². The van der Waals surface area contributed by atoms with Gasteiger partial charge in [-0.2, -0.15) is 0 Å². The van der Waals surface area contributed by atoms with Crippen LogP contribution in [0.5, 0.6) is 0 Å². The minimum atomic E-state index is -1.05. The van der Waals surface area contributed by atoms with Gasteiger partial charge < -0.3 is 10.2 Å². The highest BCUT2D eigenvalue weighted by Gasteiger charge is 2.47. The molecule has 0 saturated heterocycles. The highest BCUT2D eigenvalue weighted by molar-refractivity contribution is 5.81. The van der Waals surface area contributed by atoms with Gasteiger partial charge in [0.05, 0.1) is 11.8 Å². The Morgan fingerprint density at radius 2 is 1.80 bits per heavy atom. The van der Waals surface area contributed by atoms with Crippen molar-refractivity contribution in [2.75, 3.05) is 0 Å². The molecule has 0 aromatic rings. The van der Waals surface area contributed by atoms with Gasteiger partial charge in [0.1, 0.15) is 0 Å². The van der Waals surface area contributed by atoms with Crippen molar-refractivity contribution in [2.24, 2.45) is 10.8 Å². The second kappa shape index (κ2) is 3.83. The summed E-state index contributed by atoms with van der Waals surface area (Å²) in [6.07, 6.45) is 2.46. The molecule has 1 atom stereocenters. The molecular formula is C11H18O4. The first-order valence-electron chi connectivity index (χ1n) is 5.23. The van der Waals surface area contributed by atoms with Gasteiger partial charge >= 0.3 is 11.9 Å². The van der Waals surface area contributed by atoms with E-state index in [9.17, 15) is 14.7 Å². The Hall–Kier alpha value is -1.06. The van der Waals surface area contributed by atoms with E-state index in [1.54, 1.807) is 0 Å². The number of carboxylic acid groups (broad SMARTS) is 2. The van der Waals surface area contributed by atoms with Gasteiger partial charge in [0.25, 0.3) is 0 Å². The number of rotatable bonds is 3. The molecule has 0 amide bonds. The summed E-state index contributed by atoms with van der Waals surface area (Å²) in [5.74, 6) is -1.98. The standard InChI is InChI=1S/C11H18O4/c1-10(2)4-3-5-11(7-10,9(14)15)6-8(12)13/h3-7H2,1-2H3,(H,12,13)(H,14,15). The molecule has 1 aliphatic rings. The highest BCUT2D eigenvalue weighted by Crippen LogP contribution is 2.48. The molecule has 0 heterocycles. The quantitative estimate of drug-likeness (QED) is 0.754. The summed E-state index contributed by atoms with van der Waals surface area (Å²) in [4.78, 5) is 22.0. The lowest BCUT2D eigenvalue weighted by Crippen LogP contribution is -2.41. The van der Waals surface area contributed by atoms with Crippen LogP contribution in [0.15, 0.2) is 0 Å². The number of carbonyl (C=O) groups is 2. The van der Waals surface area contributed by atoms with Crippen molar-refractivity contribution < 1.29 is 19.8 Å². The van der Waals surface area contributed by atoms with Crippen LogP contribution in [-0.2, 0) is 9.59 Å². The Kier molecular flexibility index (Phi) is 3.07. The van der Waals surface area contributed by atoms with Crippen molar-refractivity contribution in [3.8, 4) is 0 Å². The molecule has 4 heteroatoms. The topological polar surface area (TPSA) is 74.6 Å². The monoisotopic (exact) mass is 214 g/mol. The first-order valence-corrected chi connectivity index (χ1v) is 5.23. The fourth-order valence-corrected chi connectivity index (χ4v) is 2.70. The minimum absolute atomic E-state index is 0.0634. The summed E-state index contributed by atoms with van der Waals surface area (Å²) >= 11 is 0. The molecule has 0 radical (unpaired) electrons. The number of carboxylic acids is 2. The Balaban J connectivity index is 2.90. The third kappa shape index (κ3) is 2.70. The second-order valence-corrected chi connectivity index (χ2v) is 5.35. The van der Waals surface area contributed by atoms with Crippen LogP contribution in [-0.4, -0.2) is 22.2 Å². The lowest BCUT2D eigenvalue weighted by Gasteiger charge is -2.41. The molecule has 0 bridgehead atoms. The van der Waals surface area contributed by atoms with Gasteiger partial charge in [0, 0.05) is 0 Å². The largest absolute Gasteiger partial charge is 0.481 e. The SMILES string of the molecule is CC1(C)CCCC(CC(=O)O)(C(=O)O)C1. The molecule has 1 unspecified atom stereocenters. The molecule has 1 fully saturated rings. The third-order valence-electron chi connectivity index (χ3n) is 3.27. The van der Waals surface area contributed by atoms with Gasteiger partial charge in [-0.05, 0) is 24.7 Å². The van der Waals surface area contributed by atoms with E-state index in [-0.39, 0.29) is 11.8 Å². The molecule has 2 N–H and O–H groups in total. The molecule has 0 spiro atoms. The molecule has 0 aromatic carbocycles. The Morgan fingerprint density at radius 3 is 2.20 bits per heavy atom. The maximum atomic E-state index is 11.2. The molecule has 1 rings (SSSR count). The van der Waals surface area contributed by atoms with Gasteiger partial charge in [-0.25, -0.2) is 0 Å². The van der Waals surface area contributed by atoms with Gasteiger partial charge in [-0.15, -0.1) is 0 Å². The molecule has 1 saturated carbocycles. The van der Waals surface area contributed by atoms with Crippen LogP contribution in [0.3, 0.4) is 0 Å². The van der Waals surface area contributed by atoms with Crippen molar-refractivity contribution >= 4 is 11.9 Å². The molecule has 0 aliphatic heterocycles. The molecule has 86 valence electrons. The average molecular weight is 214 g/mol. The van der Waals surface area contributed by atoms with Gasteiger partial charge in [0.15, 0.2) is 0 Å². The van der Waals surface area contributed by atoms with Crippen molar-refractivity contribution in [3.63, 3.8) is 0 Å². The van der Waals surface area contributed by atoms with Crippen molar-refractivity contribution in [1.82, 2.24) is 0 Å². The maximum Gasteiger partial charge on any atom is 0.310 e. The van der Waals surface area contributed by atoms with Gasteiger partial charge in [-0.3, -0.25) is 9.59 Å². The normalized spacial score (nSPS) is 29.7. The van der Waals surface area contributed by atoms with Crippen molar-refractivity contribution in [1.29, 1.82) is 0 Å². The van der Waals surface area contributed by atoms with Crippen LogP contribution in [0.4, 0.5) is 0 Å². The summed E-state index contributed by atoms with van der Waals surface area (Å²) < 4.78 is 0. The zero-order valence-electron chi connectivity index (χ0n) is 9.25. The van der Waals surface area contributed by atoms with E-state index in [0.29, 0.717) is 12.8 Å². The van der Waals surface area contributed by atoms with E-state index < -0.39 is 17.4 Å². The molecule has 4 nitrogen and oxygen atoms in total. The van der Waals surface area contributed by atoms with Gasteiger partial charge in [0.2, 0.25) is 0 Å². The van der Waals surface area contributed by atoms with Crippen LogP contribution in [0, 0.1) is 10.8 Å². The van der Waals surface area contributed by atoms with Crippen LogP contribution in [0.25, 0.3) is 0 Å². The summed E-state index contributed by atoms with van der Waals surface area (Å²) in [6, 6.07) is 0. The predicted octanol–water partition coefficient (Wildman–Crippen LogP) is 2.13. The Bertz CT molecular complexity index is 282. The van der Waals surface area contributed by atoms with Crippen molar-refractivity contribution in [2.45, 2.75) is 46.0 Å². The summed E-state index contributed by atoms with van der Waals surface area (Å²) in [7, 11) is 0. The highest BCUT2D eigenvalue weighted by atomic mass is 16.4. The van der Waals surface area contributed by atoms with E-state index >= 15 is 0 Å². The first-order chi connectivity index (χ1) is 6.77. The summed E-state index contributed by atoms with van der Waals surface area (Å²) in [5.41, 5.74) is -1.11. The molecular weight excluding hydrogens is 196 g/mol. The first kappa shape index (κ1) is 12.0. The number of hydrogen-bond acceptors (Lipinski definition) is 2. The van der Waals surface area contributed by atoms with Crippen LogP contribution in [0.2, 0.25) is 0 Å². The van der Waals surface area contributed by atoms with E-state index in [0.717, 1.165) is 12.8 Å². The van der Waals surface area contributed by atoms with E-state index in [1.165, 1.54) is 0 Å². The molecule has 0 aromatic heterocycles. The minimum Gasteiger partial charge on any atom is -0.481 e.